The second-order valence-corrected chi connectivity index (χ2v) is 6.19. The summed E-state index contributed by atoms with van der Waals surface area (Å²) in [6.45, 7) is 8.18. The maximum Gasteiger partial charge on any atom is 0.329 e. The highest BCUT2D eigenvalue weighted by molar-refractivity contribution is 5.92. The summed E-state index contributed by atoms with van der Waals surface area (Å²) < 4.78 is 3.19. The van der Waals surface area contributed by atoms with Crippen LogP contribution in [0.4, 0.5) is 5.69 Å². The molecule has 0 spiro atoms. The van der Waals surface area contributed by atoms with Crippen LogP contribution in [0.15, 0.2) is 35.1 Å². The van der Waals surface area contributed by atoms with Crippen molar-refractivity contribution in [3.05, 3.63) is 57.8 Å². The number of hydrogen-bond donors (Lipinski definition) is 1. The summed E-state index contributed by atoms with van der Waals surface area (Å²) in [5.41, 5.74) is 4.79. The maximum atomic E-state index is 12.6. The predicted octanol–water partition coefficient (Wildman–Crippen LogP) is 2.78. The SMILES string of the molecule is CCn1c(=O)n(CC(=O)Nc2c(C)cc(C)nc2C)c2ccccc21. The zero-order valence-corrected chi connectivity index (χ0v) is 15.0. The first-order chi connectivity index (χ1) is 11.9. The number of aromatic nitrogens is 3. The van der Waals surface area contributed by atoms with Gasteiger partial charge in [0, 0.05) is 12.2 Å². The van der Waals surface area contributed by atoms with Gasteiger partial charge in [0.05, 0.1) is 22.4 Å². The van der Waals surface area contributed by atoms with Gasteiger partial charge < -0.3 is 5.32 Å². The molecule has 1 N–H and O–H groups in total. The molecule has 25 heavy (non-hydrogen) atoms. The number of carbonyl (C=O) groups is 1. The smallest absolute Gasteiger partial charge is 0.323 e. The monoisotopic (exact) mass is 338 g/mol. The number of carbonyl (C=O) groups excluding carboxylic acids is 1. The van der Waals surface area contributed by atoms with Crippen molar-refractivity contribution in [3.63, 3.8) is 0 Å². The van der Waals surface area contributed by atoms with E-state index in [2.05, 4.69) is 10.3 Å². The minimum Gasteiger partial charge on any atom is -0.323 e. The van der Waals surface area contributed by atoms with Crippen molar-refractivity contribution in [2.45, 2.75) is 40.8 Å². The summed E-state index contributed by atoms with van der Waals surface area (Å²) in [6.07, 6.45) is 0. The van der Waals surface area contributed by atoms with E-state index in [0.717, 1.165) is 28.0 Å². The van der Waals surface area contributed by atoms with E-state index in [1.807, 2.05) is 58.0 Å². The minimum absolute atomic E-state index is 0.0287. The van der Waals surface area contributed by atoms with Gasteiger partial charge in [-0.3, -0.25) is 18.9 Å². The number of para-hydroxylation sites is 2. The molecule has 130 valence electrons. The van der Waals surface area contributed by atoms with E-state index in [0.29, 0.717) is 12.2 Å². The zero-order chi connectivity index (χ0) is 18.1. The number of fused-ring (bicyclic) bond motifs is 1. The van der Waals surface area contributed by atoms with Crippen LogP contribution in [0.2, 0.25) is 0 Å². The number of nitrogens with one attached hydrogen (secondary N) is 1. The molecule has 0 aliphatic carbocycles. The number of pyridine rings is 1. The molecule has 3 aromatic rings. The first-order valence-electron chi connectivity index (χ1n) is 8.35. The van der Waals surface area contributed by atoms with Gasteiger partial charge in [0.1, 0.15) is 6.54 Å². The van der Waals surface area contributed by atoms with Crippen molar-refractivity contribution in [1.29, 1.82) is 0 Å². The molecule has 0 radical (unpaired) electrons. The van der Waals surface area contributed by atoms with Crippen LogP contribution in [-0.4, -0.2) is 20.0 Å². The Morgan fingerprint density at radius 3 is 2.36 bits per heavy atom. The van der Waals surface area contributed by atoms with Gasteiger partial charge >= 0.3 is 5.69 Å². The van der Waals surface area contributed by atoms with E-state index in [1.165, 1.54) is 4.57 Å². The minimum atomic E-state index is -0.238. The predicted molar refractivity (Wildman–Crippen MR) is 98.9 cm³/mol. The second kappa shape index (κ2) is 6.55. The topological polar surface area (TPSA) is 68.9 Å². The Morgan fingerprint density at radius 2 is 1.76 bits per heavy atom. The molecule has 1 aromatic carbocycles. The third kappa shape index (κ3) is 3.07. The molecule has 6 heteroatoms. The highest BCUT2D eigenvalue weighted by Crippen LogP contribution is 2.19. The molecular formula is C19H22N4O2. The van der Waals surface area contributed by atoms with Crippen molar-refractivity contribution in [2.24, 2.45) is 0 Å². The van der Waals surface area contributed by atoms with Crippen LogP contribution < -0.4 is 11.0 Å². The van der Waals surface area contributed by atoms with Gasteiger partial charge in [-0.1, -0.05) is 12.1 Å². The highest BCUT2D eigenvalue weighted by Gasteiger charge is 2.16. The third-order valence-electron chi connectivity index (χ3n) is 4.33. The van der Waals surface area contributed by atoms with Gasteiger partial charge in [-0.25, -0.2) is 4.79 Å². The first kappa shape index (κ1) is 17.0. The third-order valence-corrected chi connectivity index (χ3v) is 4.33. The van der Waals surface area contributed by atoms with Crippen molar-refractivity contribution < 1.29 is 4.79 Å². The van der Waals surface area contributed by atoms with Gasteiger partial charge in [-0.05, 0) is 51.5 Å². The number of hydrogen-bond acceptors (Lipinski definition) is 3. The molecule has 0 aliphatic heterocycles. The van der Waals surface area contributed by atoms with Crippen LogP contribution in [0, 0.1) is 20.8 Å². The van der Waals surface area contributed by atoms with Crippen molar-refractivity contribution in [2.75, 3.05) is 5.32 Å². The van der Waals surface area contributed by atoms with Crippen molar-refractivity contribution in [1.82, 2.24) is 14.1 Å². The normalized spacial score (nSPS) is 11.0. The Labute approximate surface area is 146 Å². The molecule has 0 fully saturated rings. The van der Waals surface area contributed by atoms with Crippen LogP contribution in [0.25, 0.3) is 11.0 Å². The Kier molecular flexibility index (Phi) is 4.44. The molecule has 2 aromatic heterocycles. The molecule has 2 heterocycles. The molecule has 0 atom stereocenters. The van der Waals surface area contributed by atoms with E-state index in [-0.39, 0.29) is 18.1 Å². The summed E-state index contributed by atoms with van der Waals surface area (Å²) in [5.74, 6) is -0.238. The standard InChI is InChI=1S/C19H22N4O2/c1-5-22-15-8-6-7-9-16(15)23(19(22)25)11-17(24)21-18-12(2)10-13(3)20-14(18)4/h6-10H,5,11H2,1-4H3,(H,21,24). The number of benzene rings is 1. The number of aryl methyl sites for hydroxylation is 4. The molecule has 0 unspecified atom stereocenters. The van der Waals surface area contributed by atoms with E-state index in [9.17, 15) is 9.59 Å². The molecule has 0 aliphatic rings. The number of rotatable bonds is 4. The summed E-state index contributed by atoms with van der Waals surface area (Å²) in [6, 6.07) is 9.45. The Bertz CT molecular complexity index is 991. The molecule has 0 bridgehead atoms. The lowest BCUT2D eigenvalue weighted by atomic mass is 10.1. The largest absolute Gasteiger partial charge is 0.329 e. The van der Waals surface area contributed by atoms with Crippen LogP contribution in [0.5, 0.6) is 0 Å². The van der Waals surface area contributed by atoms with Crippen molar-refractivity contribution >= 4 is 22.6 Å². The quantitative estimate of drug-likeness (QED) is 0.795. The fourth-order valence-corrected chi connectivity index (χ4v) is 3.27. The van der Waals surface area contributed by atoms with Gasteiger partial charge in [0.25, 0.3) is 0 Å². The zero-order valence-electron chi connectivity index (χ0n) is 15.0. The Balaban J connectivity index is 1.94. The van der Waals surface area contributed by atoms with Crippen LogP contribution >= 0.6 is 0 Å². The average Bonchev–Trinajstić information content (AvgIpc) is 2.83. The molecule has 0 saturated carbocycles. The van der Waals surface area contributed by atoms with Crippen LogP contribution in [0.3, 0.4) is 0 Å². The lowest BCUT2D eigenvalue weighted by Gasteiger charge is -2.12. The fraction of sp³-hybridized carbons (Fsp3) is 0.316. The summed E-state index contributed by atoms with van der Waals surface area (Å²) in [5, 5.41) is 2.90. The molecule has 3 rings (SSSR count). The molecular weight excluding hydrogens is 316 g/mol. The number of amides is 1. The second-order valence-electron chi connectivity index (χ2n) is 6.19. The molecule has 1 amide bonds. The number of anilines is 1. The van der Waals surface area contributed by atoms with Gasteiger partial charge in [0.2, 0.25) is 5.91 Å². The van der Waals surface area contributed by atoms with Gasteiger partial charge in [-0.2, -0.15) is 0 Å². The Morgan fingerprint density at radius 1 is 1.12 bits per heavy atom. The first-order valence-corrected chi connectivity index (χ1v) is 8.35. The van der Waals surface area contributed by atoms with Crippen LogP contribution in [-0.2, 0) is 17.9 Å². The molecule has 6 nitrogen and oxygen atoms in total. The maximum absolute atomic E-state index is 12.6. The van der Waals surface area contributed by atoms with E-state index in [1.54, 1.807) is 4.57 Å². The van der Waals surface area contributed by atoms with Crippen LogP contribution in [0.1, 0.15) is 23.9 Å². The highest BCUT2D eigenvalue weighted by atomic mass is 16.2. The van der Waals surface area contributed by atoms with Gasteiger partial charge in [-0.15, -0.1) is 0 Å². The fourth-order valence-electron chi connectivity index (χ4n) is 3.27. The number of imidazole rings is 1. The molecule has 0 saturated heterocycles. The summed E-state index contributed by atoms with van der Waals surface area (Å²) in [4.78, 5) is 29.6. The number of nitrogens with zero attached hydrogens (tertiary/aromatic N) is 3. The summed E-state index contributed by atoms with van der Waals surface area (Å²) >= 11 is 0. The van der Waals surface area contributed by atoms with E-state index >= 15 is 0 Å². The van der Waals surface area contributed by atoms with E-state index in [4.69, 9.17) is 0 Å². The summed E-state index contributed by atoms with van der Waals surface area (Å²) in [7, 11) is 0. The van der Waals surface area contributed by atoms with E-state index < -0.39 is 0 Å². The van der Waals surface area contributed by atoms with Crippen molar-refractivity contribution in [3.8, 4) is 0 Å². The lowest BCUT2D eigenvalue weighted by Crippen LogP contribution is -2.29. The van der Waals surface area contributed by atoms with Gasteiger partial charge in [0.15, 0.2) is 0 Å². The average molecular weight is 338 g/mol. The lowest BCUT2D eigenvalue weighted by molar-refractivity contribution is -0.116. The Hall–Kier alpha value is -2.89.